The Labute approximate surface area is 152 Å². The number of benzene rings is 3. The van der Waals surface area contributed by atoms with E-state index < -0.39 is 11.7 Å². The third-order valence-corrected chi connectivity index (χ3v) is 4.32. The average molecular weight is 403 g/mol. The quantitative estimate of drug-likeness (QED) is 0.415. The van der Waals surface area contributed by atoms with E-state index >= 15 is 0 Å². The fourth-order valence-electron chi connectivity index (χ4n) is 2.73. The molecule has 0 unspecified atom stereocenters. The summed E-state index contributed by atoms with van der Waals surface area (Å²) in [4.78, 5) is 0. The van der Waals surface area contributed by atoms with Gasteiger partial charge in [0.05, 0.1) is 5.57 Å². The Morgan fingerprint density at radius 1 is 0.600 bits per heavy atom. The van der Waals surface area contributed by atoms with Gasteiger partial charge in [0.1, 0.15) is 0 Å². The zero-order valence-electron chi connectivity index (χ0n) is 13.1. The van der Waals surface area contributed by atoms with E-state index in [1.807, 2.05) is 0 Å². The second kappa shape index (κ2) is 7.28. The minimum Gasteiger partial charge on any atom is -0.166 e. The van der Waals surface area contributed by atoms with Gasteiger partial charge in [0, 0.05) is 10.0 Å². The van der Waals surface area contributed by atoms with Gasteiger partial charge in [-0.1, -0.05) is 88.7 Å². The maximum absolute atomic E-state index is 14.0. The standard InChI is InChI=1S/C21H14BrF3/c22-18-13-11-16(12-14-18)19(15-7-3-1-4-8-15)20(21(23,24)25)17-9-5-2-6-10-17/h1-14H/b20-19+. The van der Waals surface area contributed by atoms with Crippen LogP contribution < -0.4 is 0 Å². The lowest BCUT2D eigenvalue weighted by Gasteiger charge is -2.19. The Kier molecular flexibility index (Phi) is 5.09. The van der Waals surface area contributed by atoms with Gasteiger partial charge in [-0.2, -0.15) is 13.2 Å². The lowest BCUT2D eigenvalue weighted by atomic mass is 9.89. The molecular weight excluding hydrogens is 389 g/mol. The summed E-state index contributed by atoms with van der Waals surface area (Å²) < 4.78 is 42.9. The monoisotopic (exact) mass is 402 g/mol. The summed E-state index contributed by atoms with van der Waals surface area (Å²) in [5, 5.41) is 0. The van der Waals surface area contributed by atoms with Gasteiger partial charge in [-0.15, -0.1) is 0 Å². The van der Waals surface area contributed by atoms with Crippen molar-refractivity contribution in [3.8, 4) is 0 Å². The van der Waals surface area contributed by atoms with Crippen LogP contribution in [0.2, 0.25) is 0 Å². The molecule has 126 valence electrons. The first-order valence-corrected chi connectivity index (χ1v) is 8.44. The topological polar surface area (TPSA) is 0 Å². The van der Waals surface area contributed by atoms with Gasteiger partial charge in [0.2, 0.25) is 0 Å². The highest BCUT2D eigenvalue weighted by atomic mass is 79.9. The van der Waals surface area contributed by atoms with Crippen molar-refractivity contribution < 1.29 is 13.2 Å². The van der Waals surface area contributed by atoms with E-state index in [9.17, 15) is 13.2 Å². The molecule has 0 fully saturated rings. The van der Waals surface area contributed by atoms with E-state index in [0.29, 0.717) is 11.1 Å². The summed E-state index contributed by atoms with van der Waals surface area (Å²) in [5.41, 5.74) is 0.733. The van der Waals surface area contributed by atoms with Gasteiger partial charge >= 0.3 is 6.18 Å². The molecule has 3 aromatic rings. The molecule has 0 spiro atoms. The van der Waals surface area contributed by atoms with Crippen LogP contribution in [0.5, 0.6) is 0 Å². The van der Waals surface area contributed by atoms with Crippen LogP contribution in [0.3, 0.4) is 0 Å². The molecule has 0 amide bonds. The van der Waals surface area contributed by atoms with E-state index in [2.05, 4.69) is 15.9 Å². The Balaban J connectivity index is 2.37. The molecule has 0 aliphatic heterocycles. The van der Waals surface area contributed by atoms with Gasteiger partial charge in [0.15, 0.2) is 0 Å². The van der Waals surface area contributed by atoms with Crippen LogP contribution in [0.4, 0.5) is 13.2 Å². The summed E-state index contributed by atoms with van der Waals surface area (Å²) in [6, 6.07) is 23.5. The largest absolute Gasteiger partial charge is 0.417 e. The number of hydrogen-bond donors (Lipinski definition) is 0. The Hall–Kier alpha value is -2.33. The van der Waals surface area contributed by atoms with Crippen LogP contribution in [-0.2, 0) is 0 Å². The van der Waals surface area contributed by atoms with Gasteiger partial charge in [-0.05, 0) is 28.8 Å². The molecule has 0 radical (unpaired) electrons. The van der Waals surface area contributed by atoms with Crippen LogP contribution in [0, 0.1) is 0 Å². The summed E-state index contributed by atoms with van der Waals surface area (Å²) in [6.45, 7) is 0. The number of rotatable bonds is 3. The normalized spacial score (nSPS) is 12.6. The molecule has 4 heteroatoms. The number of halogens is 4. The van der Waals surface area contributed by atoms with E-state index in [1.165, 1.54) is 12.1 Å². The fourth-order valence-corrected chi connectivity index (χ4v) is 3.00. The molecule has 0 nitrogen and oxygen atoms in total. The minimum atomic E-state index is -4.49. The van der Waals surface area contributed by atoms with Gasteiger partial charge in [0.25, 0.3) is 0 Å². The van der Waals surface area contributed by atoms with Gasteiger partial charge < -0.3 is 0 Å². The second-order valence-corrected chi connectivity index (χ2v) is 6.40. The van der Waals surface area contributed by atoms with Crippen molar-refractivity contribution in [3.63, 3.8) is 0 Å². The zero-order chi connectivity index (χ0) is 17.9. The van der Waals surface area contributed by atoms with Crippen LogP contribution in [0.1, 0.15) is 16.7 Å². The fraction of sp³-hybridized carbons (Fsp3) is 0.0476. The van der Waals surface area contributed by atoms with Crippen LogP contribution in [0.25, 0.3) is 11.1 Å². The summed E-state index contributed by atoms with van der Waals surface area (Å²) in [6.07, 6.45) is -4.49. The Bertz CT molecular complexity index is 865. The molecule has 0 bridgehead atoms. The zero-order valence-corrected chi connectivity index (χ0v) is 14.7. The Morgan fingerprint density at radius 3 is 1.52 bits per heavy atom. The molecule has 0 saturated carbocycles. The predicted octanol–water partition coefficient (Wildman–Crippen LogP) is 6.97. The van der Waals surface area contributed by atoms with Crippen molar-refractivity contribution in [1.82, 2.24) is 0 Å². The third-order valence-electron chi connectivity index (χ3n) is 3.79. The van der Waals surface area contributed by atoms with Gasteiger partial charge in [-0.3, -0.25) is 0 Å². The molecule has 0 atom stereocenters. The molecule has 25 heavy (non-hydrogen) atoms. The average Bonchev–Trinajstić information content (AvgIpc) is 2.61. The van der Waals surface area contributed by atoms with Crippen molar-refractivity contribution in [2.24, 2.45) is 0 Å². The maximum Gasteiger partial charge on any atom is 0.417 e. The molecule has 3 aromatic carbocycles. The van der Waals surface area contributed by atoms with Crippen molar-refractivity contribution in [2.75, 3.05) is 0 Å². The van der Waals surface area contributed by atoms with E-state index in [0.717, 1.165) is 4.47 Å². The number of allylic oxidation sites excluding steroid dienone is 1. The highest BCUT2D eigenvalue weighted by Crippen LogP contribution is 2.42. The minimum absolute atomic E-state index is 0.150. The van der Waals surface area contributed by atoms with E-state index in [-0.39, 0.29) is 11.1 Å². The SMILES string of the molecule is FC(F)(F)/C(=C(\c1ccccc1)c1ccc(Br)cc1)c1ccccc1. The number of alkyl halides is 3. The van der Waals surface area contributed by atoms with Crippen LogP contribution in [0.15, 0.2) is 89.4 Å². The van der Waals surface area contributed by atoms with Crippen LogP contribution >= 0.6 is 15.9 Å². The highest BCUT2D eigenvalue weighted by Gasteiger charge is 2.38. The Morgan fingerprint density at radius 2 is 1.04 bits per heavy atom. The summed E-state index contributed by atoms with van der Waals surface area (Å²) in [5.74, 6) is 0. The molecule has 0 aliphatic carbocycles. The predicted molar refractivity (Wildman–Crippen MR) is 99.0 cm³/mol. The molecule has 0 N–H and O–H groups in total. The first-order chi connectivity index (χ1) is 12.0. The maximum atomic E-state index is 14.0. The van der Waals surface area contributed by atoms with E-state index in [1.54, 1.807) is 72.8 Å². The van der Waals surface area contributed by atoms with Crippen molar-refractivity contribution >= 4 is 27.1 Å². The van der Waals surface area contributed by atoms with Crippen LogP contribution in [-0.4, -0.2) is 6.18 Å². The molecule has 3 rings (SSSR count). The first-order valence-electron chi connectivity index (χ1n) is 7.65. The third kappa shape index (κ3) is 4.02. The second-order valence-electron chi connectivity index (χ2n) is 5.49. The summed E-state index contributed by atoms with van der Waals surface area (Å²) in [7, 11) is 0. The highest BCUT2D eigenvalue weighted by molar-refractivity contribution is 9.10. The smallest absolute Gasteiger partial charge is 0.166 e. The molecular formula is C21H14BrF3. The number of hydrogen-bond acceptors (Lipinski definition) is 0. The molecule has 0 aromatic heterocycles. The summed E-state index contributed by atoms with van der Waals surface area (Å²) >= 11 is 3.33. The van der Waals surface area contributed by atoms with Crippen molar-refractivity contribution in [3.05, 3.63) is 106 Å². The van der Waals surface area contributed by atoms with Gasteiger partial charge in [-0.25, -0.2) is 0 Å². The molecule has 0 heterocycles. The lowest BCUT2D eigenvalue weighted by Crippen LogP contribution is -2.13. The molecule has 0 aliphatic rings. The van der Waals surface area contributed by atoms with E-state index in [4.69, 9.17) is 0 Å². The first kappa shape index (κ1) is 17.5. The van der Waals surface area contributed by atoms with Crippen molar-refractivity contribution in [1.29, 1.82) is 0 Å². The lowest BCUT2D eigenvalue weighted by molar-refractivity contribution is -0.0685. The van der Waals surface area contributed by atoms with Crippen molar-refractivity contribution in [2.45, 2.75) is 6.18 Å². The molecule has 0 saturated heterocycles.